The Morgan fingerprint density at radius 1 is 0.829 bits per heavy atom. The zero-order valence-corrected chi connectivity index (χ0v) is 20.2. The number of nitrogens with zero attached hydrogens (tertiary/aromatic N) is 2. The molecule has 176 valence electrons. The van der Waals surface area contributed by atoms with E-state index in [2.05, 4.69) is 32.7 Å². The lowest BCUT2D eigenvalue weighted by Crippen LogP contribution is -2.18. The number of benzene rings is 3. The number of para-hydroxylation sites is 1. The summed E-state index contributed by atoms with van der Waals surface area (Å²) in [4.78, 5) is 32.0. The molecule has 2 N–H and O–H groups in total. The average molecular weight is 485 g/mol. The van der Waals surface area contributed by atoms with Crippen molar-refractivity contribution in [2.45, 2.75) is 6.54 Å². The number of anilines is 2. The first kappa shape index (κ1) is 24.1. The van der Waals surface area contributed by atoms with Crippen LogP contribution in [0.2, 0.25) is 5.02 Å². The van der Waals surface area contributed by atoms with Crippen LogP contribution in [0.3, 0.4) is 0 Å². The Bertz CT molecular complexity index is 1340. The second-order valence-electron chi connectivity index (χ2n) is 8.29. The summed E-state index contributed by atoms with van der Waals surface area (Å²) >= 11 is 5.85. The van der Waals surface area contributed by atoms with Gasteiger partial charge in [0.1, 0.15) is 5.82 Å². The molecule has 0 bridgehead atoms. The van der Waals surface area contributed by atoms with Crippen molar-refractivity contribution >= 4 is 34.9 Å². The van der Waals surface area contributed by atoms with Crippen molar-refractivity contribution in [2.75, 3.05) is 24.7 Å². The zero-order chi connectivity index (χ0) is 24.8. The van der Waals surface area contributed by atoms with Crippen molar-refractivity contribution in [3.63, 3.8) is 0 Å². The van der Waals surface area contributed by atoms with Gasteiger partial charge in [-0.1, -0.05) is 60.1 Å². The van der Waals surface area contributed by atoms with E-state index in [0.29, 0.717) is 27.7 Å². The minimum Gasteiger partial charge on any atom is -0.321 e. The predicted molar refractivity (Wildman–Crippen MR) is 141 cm³/mol. The first-order chi connectivity index (χ1) is 16.9. The van der Waals surface area contributed by atoms with Gasteiger partial charge in [-0.25, -0.2) is 4.98 Å². The van der Waals surface area contributed by atoms with Crippen LogP contribution in [0, 0.1) is 0 Å². The van der Waals surface area contributed by atoms with Crippen molar-refractivity contribution < 1.29 is 9.59 Å². The van der Waals surface area contributed by atoms with E-state index < -0.39 is 0 Å². The van der Waals surface area contributed by atoms with Crippen LogP contribution in [-0.2, 0) is 6.54 Å². The Balaban J connectivity index is 1.50. The molecule has 0 aliphatic carbocycles. The molecule has 3 aromatic carbocycles. The number of hydrogen-bond donors (Lipinski definition) is 2. The summed E-state index contributed by atoms with van der Waals surface area (Å²) in [6, 6.07) is 25.8. The monoisotopic (exact) mass is 484 g/mol. The molecule has 0 spiro atoms. The Labute approximate surface area is 209 Å². The summed E-state index contributed by atoms with van der Waals surface area (Å²) in [7, 11) is 4.07. The van der Waals surface area contributed by atoms with Crippen LogP contribution in [-0.4, -0.2) is 35.8 Å². The molecule has 0 saturated carbocycles. The van der Waals surface area contributed by atoms with Crippen LogP contribution < -0.4 is 10.6 Å². The van der Waals surface area contributed by atoms with Gasteiger partial charge in [0.2, 0.25) is 0 Å². The third kappa shape index (κ3) is 6.12. The molecule has 0 atom stereocenters. The number of aromatic nitrogens is 1. The van der Waals surface area contributed by atoms with E-state index in [1.807, 2.05) is 38.4 Å². The molecular formula is C28H25ClN4O2. The van der Waals surface area contributed by atoms with Gasteiger partial charge in [0, 0.05) is 18.3 Å². The molecule has 1 aromatic heterocycles. The lowest BCUT2D eigenvalue weighted by molar-refractivity contribution is 0.102. The van der Waals surface area contributed by atoms with Gasteiger partial charge >= 0.3 is 0 Å². The van der Waals surface area contributed by atoms with Crippen molar-refractivity contribution in [2.24, 2.45) is 0 Å². The van der Waals surface area contributed by atoms with Crippen LogP contribution in [0.15, 0.2) is 91.1 Å². The van der Waals surface area contributed by atoms with Crippen LogP contribution in [0.5, 0.6) is 0 Å². The maximum Gasteiger partial charge on any atom is 0.258 e. The van der Waals surface area contributed by atoms with Gasteiger partial charge in [0.25, 0.3) is 11.8 Å². The van der Waals surface area contributed by atoms with E-state index in [4.69, 9.17) is 11.6 Å². The number of rotatable bonds is 7. The Morgan fingerprint density at radius 3 is 2.26 bits per heavy atom. The highest BCUT2D eigenvalue weighted by Crippen LogP contribution is 2.25. The topological polar surface area (TPSA) is 74.3 Å². The molecule has 4 aromatic rings. The second-order valence-corrected chi connectivity index (χ2v) is 8.72. The van der Waals surface area contributed by atoms with E-state index in [1.54, 1.807) is 48.5 Å². The third-order valence-electron chi connectivity index (χ3n) is 5.35. The highest BCUT2D eigenvalue weighted by Gasteiger charge is 2.15. The van der Waals surface area contributed by atoms with E-state index in [9.17, 15) is 9.59 Å². The number of halogens is 1. The van der Waals surface area contributed by atoms with Gasteiger partial charge in [-0.15, -0.1) is 0 Å². The van der Waals surface area contributed by atoms with Crippen molar-refractivity contribution in [3.8, 4) is 11.1 Å². The molecule has 0 radical (unpaired) electrons. The second kappa shape index (κ2) is 11.0. The van der Waals surface area contributed by atoms with Gasteiger partial charge in [-0.05, 0) is 67.2 Å². The van der Waals surface area contributed by atoms with Gasteiger partial charge < -0.3 is 15.5 Å². The Hall–Kier alpha value is -4.00. The van der Waals surface area contributed by atoms with Crippen LogP contribution >= 0.6 is 11.6 Å². The SMILES string of the molecule is CN(C)Cc1ccccc1-c1ccc(C(=O)Nc2ccccc2C(=O)Nc2ccc(Cl)cn2)cc1. The highest BCUT2D eigenvalue weighted by atomic mass is 35.5. The van der Waals surface area contributed by atoms with Crippen LogP contribution in [0.1, 0.15) is 26.3 Å². The minimum absolute atomic E-state index is 0.303. The molecule has 0 unspecified atom stereocenters. The number of carbonyl (C=O) groups excluding carboxylic acids is 2. The van der Waals surface area contributed by atoms with Gasteiger partial charge in [0.15, 0.2) is 0 Å². The molecule has 1 heterocycles. The minimum atomic E-state index is -0.386. The maximum atomic E-state index is 13.0. The summed E-state index contributed by atoms with van der Waals surface area (Å²) in [5.74, 6) is -0.322. The standard InChI is InChI=1S/C28H25ClN4O2/c1-33(2)18-21-7-3-4-8-23(21)19-11-13-20(14-12-19)27(34)31-25-10-6-5-9-24(25)28(35)32-26-16-15-22(29)17-30-26/h3-17H,18H2,1-2H3,(H,31,34)(H,30,32,35). The lowest BCUT2D eigenvalue weighted by Gasteiger charge is -2.15. The Morgan fingerprint density at radius 2 is 1.54 bits per heavy atom. The summed E-state index contributed by atoms with van der Waals surface area (Å²) in [5, 5.41) is 6.05. The van der Waals surface area contributed by atoms with Crippen molar-refractivity contribution in [1.82, 2.24) is 9.88 Å². The molecule has 35 heavy (non-hydrogen) atoms. The third-order valence-corrected chi connectivity index (χ3v) is 5.57. The number of pyridine rings is 1. The molecule has 4 rings (SSSR count). The molecular weight excluding hydrogens is 460 g/mol. The fourth-order valence-electron chi connectivity index (χ4n) is 3.70. The number of hydrogen-bond acceptors (Lipinski definition) is 4. The summed E-state index contributed by atoms with van der Waals surface area (Å²) < 4.78 is 0. The van der Waals surface area contributed by atoms with E-state index in [-0.39, 0.29) is 11.8 Å². The van der Waals surface area contributed by atoms with Gasteiger partial charge in [-0.3, -0.25) is 9.59 Å². The first-order valence-electron chi connectivity index (χ1n) is 11.1. The van der Waals surface area contributed by atoms with Gasteiger partial charge in [0.05, 0.1) is 16.3 Å². The van der Waals surface area contributed by atoms with Crippen LogP contribution in [0.25, 0.3) is 11.1 Å². The number of nitrogens with one attached hydrogen (secondary N) is 2. The Kier molecular flexibility index (Phi) is 7.55. The highest BCUT2D eigenvalue weighted by molar-refractivity contribution is 6.30. The molecule has 0 aliphatic heterocycles. The molecule has 6 nitrogen and oxygen atoms in total. The molecule has 0 saturated heterocycles. The molecule has 7 heteroatoms. The normalized spacial score (nSPS) is 10.7. The van der Waals surface area contributed by atoms with E-state index in [0.717, 1.165) is 17.7 Å². The van der Waals surface area contributed by atoms with E-state index in [1.165, 1.54) is 11.8 Å². The van der Waals surface area contributed by atoms with E-state index >= 15 is 0 Å². The predicted octanol–water partition coefficient (Wildman–Crippen LogP) is 5.97. The average Bonchev–Trinajstić information content (AvgIpc) is 2.86. The zero-order valence-electron chi connectivity index (χ0n) is 19.5. The summed E-state index contributed by atoms with van der Waals surface area (Å²) in [6.07, 6.45) is 1.45. The fourth-order valence-corrected chi connectivity index (χ4v) is 3.81. The van der Waals surface area contributed by atoms with Gasteiger partial charge in [-0.2, -0.15) is 0 Å². The largest absolute Gasteiger partial charge is 0.321 e. The quantitative estimate of drug-likeness (QED) is 0.339. The fraction of sp³-hybridized carbons (Fsp3) is 0.107. The molecule has 2 amide bonds. The smallest absolute Gasteiger partial charge is 0.258 e. The molecule has 0 aliphatic rings. The summed E-state index contributed by atoms with van der Waals surface area (Å²) in [5.41, 5.74) is 4.61. The maximum absolute atomic E-state index is 13.0. The lowest BCUT2D eigenvalue weighted by atomic mass is 9.98. The number of carbonyl (C=O) groups is 2. The van der Waals surface area contributed by atoms with Crippen LogP contribution in [0.4, 0.5) is 11.5 Å². The number of amides is 2. The first-order valence-corrected chi connectivity index (χ1v) is 11.4. The molecule has 0 fully saturated rings. The van der Waals surface area contributed by atoms with Crippen molar-refractivity contribution in [3.05, 3.63) is 113 Å². The summed E-state index contributed by atoms with van der Waals surface area (Å²) in [6.45, 7) is 0.822. The van der Waals surface area contributed by atoms with Crippen molar-refractivity contribution in [1.29, 1.82) is 0 Å².